The fourth-order valence-electron chi connectivity index (χ4n) is 1.79. The van der Waals surface area contributed by atoms with Crippen LogP contribution in [0.2, 0.25) is 0 Å². The van der Waals surface area contributed by atoms with Gasteiger partial charge in [0.05, 0.1) is 5.69 Å². The normalized spacial score (nSPS) is 11.4. The predicted molar refractivity (Wildman–Crippen MR) is 82.1 cm³/mol. The van der Waals surface area contributed by atoms with Gasteiger partial charge < -0.3 is 10.1 Å². The smallest absolute Gasteiger partial charge is 0.130 e. The second-order valence-electron chi connectivity index (χ2n) is 6.01. The van der Waals surface area contributed by atoms with Crippen LogP contribution in [-0.4, -0.2) is 10.5 Å². The van der Waals surface area contributed by atoms with Gasteiger partial charge in [-0.05, 0) is 51.5 Å². The summed E-state index contributed by atoms with van der Waals surface area (Å²) < 4.78 is 5.86. The van der Waals surface area contributed by atoms with Crippen molar-refractivity contribution in [2.24, 2.45) is 0 Å². The molecular weight excluding hydrogens is 248 g/mol. The highest BCUT2D eigenvalue weighted by Gasteiger charge is 2.09. The average Bonchev–Trinajstić information content (AvgIpc) is 2.36. The van der Waals surface area contributed by atoms with Crippen LogP contribution in [0.1, 0.15) is 32.0 Å². The summed E-state index contributed by atoms with van der Waals surface area (Å²) in [5.41, 5.74) is 2.24. The molecule has 1 aromatic heterocycles. The highest BCUT2D eigenvalue weighted by Crippen LogP contribution is 2.22. The third-order valence-electron chi connectivity index (χ3n) is 2.81. The lowest BCUT2D eigenvalue weighted by atomic mass is 10.1. The van der Waals surface area contributed by atoms with Crippen molar-refractivity contribution in [1.82, 2.24) is 10.3 Å². The summed E-state index contributed by atoms with van der Waals surface area (Å²) in [5.74, 6) is 1.67. The van der Waals surface area contributed by atoms with Crippen LogP contribution in [0.3, 0.4) is 0 Å². The number of ether oxygens (including phenoxy) is 1. The number of aromatic nitrogens is 1. The monoisotopic (exact) mass is 270 g/mol. The fourth-order valence-corrected chi connectivity index (χ4v) is 1.79. The van der Waals surface area contributed by atoms with Gasteiger partial charge in [0.2, 0.25) is 0 Å². The largest absolute Gasteiger partial charge is 0.457 e. The highest BCUT2D eigenvalue weighted by molar-refractivity contribution is 5.33. The molecule has 1 aromatic carbocycles. The standard InChI is InChI=1S/C17H22N2O/c1-13-6-5-7-15(10-13)20-16-8-9-18-14(11-16)12-19-17(2,3)4/h5-11,19H,12H2,1-4H3. The molecule has 2 rings (SSSR count). The molecule has 0 saturated carbocycles. The first kappa shape index (κ1) is 14.5. The first-order chi connectivity index (χ1) is 9.42. The maximum atomic E-state index is 5.86. The Morgan fingerprint density at radius 2 is 1.85 bits per heavy atom. The third kappa shape index (κ3) is 4.67. The van der Waals surface area contributed by atoms with Crippen LogP contribution >= 0.6 is 0 Å². The molecule has 0 atom stereocenters. The average molecular weight is 270 g/mol. The Labute approximate surface area is 121 Å². The molecule has 0 bridgehead atoms. The molecule has 3 nitrogen and oxygen atoms in total. The summed E-state index contributed by atoms with van der Waals surface area (Å²) >= 11 is 0. The van der Waals surface area contributed by atoms with E-state index in [1.54, 1.807) is 6.20 Å². The SMILES string of the molecule is Cc1cccc(Oc2ccnc(CNC(C)(C)C)c2)c1. The van der Waals surface area contributed by atoms with Gasteiger partial charge in [0.1, 0.15) is 11.5 Å². The Bertz CT molecular complexity index is 573. The van der Waals surface area contributed by atoms with Crippen molar-refractivity contribution in [1.29, 1.82) is 0 Å². The van der Waals surface area contributed by atoms with E-state index in [1.807, 2.05) is 30.3 Å². The molecule has 0 aliphatic rings. The van der Waals surface area contributed by atoms with E-state index in [4.69, 9.17) is 4.74 Å². The fraction of sp³-hybridized carbons (Fsp3) is 0.353. The van der Waals surface area contributed by atoms with Gasteiger partial charge in [-0.2, -0.15) is 0 Å². The second kappa shape index (κ2) is 6.06. The molecule has 0 saturated heterocycles. The summed E-state index contributed by atoms with van der Waals surface area (Å²) in [7, 11) is 0. The number of hydrogen-bond acceptors (Lipinski definition) is 3. The number of aryl methyl sites for hydroxylation is 1. The zero-order valence-corrected chi connectivity index (χ0v) is 12.6. The van der Waals surface area contributed by atoms with Crippen molar-refractivity contribution in [2.45, 2.75) is 39.8 Å². The van der Waals surface area contributed by atoms with Crippen molar-refractivity contribution < 1.29 is 4.74 Å². The van der Waals surface area contributed by atoms with Crippen LogP contribution < -0.4 is 10.1 Å². The minimum absolute atomic E-state index is 0.0785. The van der Waals surface area contributed by atoms with Gasteiger partial charge >= 0.3 is 0 Å². The lowest BCUT2D eigenvalue weighted by Gasteiger charge is -2.20. The van der Waals surface area contributed by atoms with Crippen molar-refractivity contribution in [2.75, 3.05) is 0 Å². The van der Waals surface area contributed by atoms with E-state index in [0.717, 1.165) is 23.7 Å². The van der Waals surface area contributed by atoms with E-state index in [0.29, 0.717) is 0 Å². The van der Waals surface area contributed by atoms with Crippen LogP contribution in [0, 0.1) is 6.92 Å². The van der Waals surface area contributed by atoms with Crippen molar-refractivity contribution in [3.63, 3.8) is 0 Å². The first-order valence-electron chi connectivity index (χ1n) is 6.87. The second-order valence-corrected chi connectivity index (χ2v) is 6.01. The van der Waals surface area contributed by atoms with Crippen LogP contribution in [0.15, 0.2) is 42.6 Å². The van der Waals surface area contributed by atoms with Crippen LogP contribution in [0.4, 0.5) is 0 Å². The van der Waals surface area contributed by atoms with Crippen molar-refractivity contribution in [3.05, 3.63) is 53.9 Å². The molecule has 106 valence electrons. The third-order valence-corrected chi connectivity index (χ3v) is 2.81. The number of rotatable bonds is 4. The van der Waals surface area contributed by atoms with E-state index in [-0.39, 0.29) is 5.54 Å². The lowest BCUT2D eigenvalue weighted by molar-refractivity contribution is 0.419. The summed E-state index contributed by atoms with van der Waals surface area (Å²) in [6.45, 7) is 9.20. The van der Waals surface area contributed by atoms with Crippen molar-refractivity contribution >= 4 is 0 Å². The van der Waals surface area contributed by atoms with E-state index in [1.165, 1.54) is 5.56 Å². The molecular formula is C17H22N2O. The minimum Gasteiger partial charge on any atom is -0.457 e. The zero-order chi connectivity index (χ0) is 14.6. The van der Waals surface area contributed by atoms with Crippen LogP contribution in [0.25, 0.3) is 0 Å². The molecule has 1 heterocycles. The molecule has 0 aliphatic carbocycles. The highest BCUT2D eigenvalue weighted by atomic mass is 16.5. The van der Waals surface area contributed by atoms with Gasteiger partial charge in [0.15, 0.2) is 0 Å². The predicted octanol–water partition coefficient (Wildman–Crippen LogP) is 4.07. The zero-order valence-electron chi connectivity index (χ0n) is 12.6. The van der Waals surface area contributed by atoms with Gasteiger partial charge in [0.25, 0.3) is 0 Å². The lowest BCUT2D eigenvalue weighted by Crippen LogP contribution is -2.35. The Morgan fingerprint density at radius 3 is 2.55 bits per heavy atom. The van der Waals surface area contributed by atoms with Gasteiger partial charge in [-0.15, -0.1) is 0 Å². The van der Waals surface area contributed by atoms with Crippen LogP contribution in [0.5, 0.6) is 11.5 Å². The molecule has 0 amide bonds. The van der Waals surface area contributed by atoms with Crippen molar-refractivity contribution in [3.8, 4) is 11.5 Å². The first-order valence-corrected chi connectivity index (χ1v) is 6.87. The van der Waals surface area contributed by atoms with E-state index < -0.39 is 0 Å². The summed E-state index contributed by atoms with van der Waals surface area (Å²) in [6, 6.07) is 11.9. The number of hydrogen-bond donors (Lipinski definition) is 1. The minimum atomic E-state index is 0.0785. The molecule has 0 aliphatic heterocycles. The topological polar surface area (TPSA) is 34.1 Å². The number of benzene rings is 1. The molecule has 2 aromatic rings. The Morgan fingerprint density at radius 1 is 1.10 bits per heavy atom. The van der Waals surface area contributed by atoms with E-state index >= 15 is 0 Å². The van der Waals surface area contributed by atoms with Gasteiger partial charge in [0, 0.05) is 24.3 Å². The summed E-state index contributed by atoms with van der Waals surface area (Å²) in [4.78, 5) is 4.36. The molecule has 0 spiro atoms. The maximum Gasteiger partial charge on any atom is 0.130 e. The quantitative estimate of drug-likeness (QED) is 0.909. The number of nitrogens with zero attached hydrogens (tertiary/aromatic N) is 1. The van der Waals surface area contributed by atoms with Gasteiger partial charge in [-0.3, -0.25) is 4.98 Å². The molecule has 20 heavy (non-hydrogen) atoms. The molecule has 3 heteroatoms. The van der Waals surface area contributed by atoms with E-state index in [9.17, 15) is 0 Å². The summed E-state index contributed by atoms with van der Waals surface area (Å²) in [6.07, 6.45) is 1.78. The van der Waals surface area contributed by atoms with Crippen LogP contribution in [-0.2, 0) is 6.54 Å². The summed E-state index contributed by atoms with van der Waals surface area (Å²) in [5, 5.41) is 3.42. The Kier molecular flexibility index (Phi) is 4.40. The maximum absolute atomic E-state index is 5.86. The van der Waals surface area contributed by atoms with Gasteiger partial charge in [-0.25, -0.2) is 0 Å². The number of pyridine rings is 1. The molecule has 0 radical (unpaired) electrons. The molecule has 0 unspecified atom stereocenters. The van der Waals surface area contributed by atoms with E-state index in [2.05, 4.69) is 44.1 Å². The molecule has 0 fully saturated rings. The number of nitrogens with one attached hydrogen (secondary N) is 1. The Balaban J connectivity index is 2.06. The molecule has 1 N–H and O–H groups in total. The van der Waals surface area contributed by atoms with Gasteiger partial charge in [-0.1, -0.05) is 12.1 Å². The Hall–Kier alpha value is -1.87.